The lowest BCUT2D eigenvalue weighted by atomic mass is 9.91. The molecule has 5 heteroatoms. The van der Waals surface area contributed by atoms with Crippen LogP contribution >= 0.6 is 0 Å². The fourth-order valence-electron chi connectivity index (χ4n) is 2.32. The van der Waals surface area contributed by atoms with Gasteiger partial charge in [0, 0.05) is 25.7 Å². The topological polar surface area (TPSA) is 54.9 Å². The van der Waals surface area contributed by atoms with E-state index in [1.165, 1.54) is 6.42 Å². The molecular formula is C17H35N3O2. The second-order valence-electron chi connectivity index (χ2n) is 7.29. The molecule has 0 aromatic heterocycles. The molecule has 1 rings (SSSR count). The molecule has 2 atom stereocenters. The van der Waals surface area contributed by atoms with Crippen LogP contribution in [0.2, 0.25) is 0 Å². The van der Waals surface area contributed by atoms with Gasteiger partial charge in [-0.1, -0.05) is 20.8 Å². The minimum absolute atomic E-state index is 0.237. The zero-order chi connectivity index (χ0) is 16.4. The molecule has 5 nitrogen and oxygen atoms in total. The van der Waals surface area contributed by atoms with Crippen LogP contribution in [0.15, 0.2) is 4.99 Å². The molecule has 0 saturated carbocycles. The molecule has 0 aromatic rings. The first kappa shape index (κ1) is 19.2. The van der Waals surface area contributed by atoms with Crippen LogP contribution in [0.5, 0.6) is 0 Å². The van der Waals surface area contributed by atoms with E-state index in [4.69, 9.17) is 9.47 Å². The third-order valence-electron chi connectivity index (χ3n) is 3.55. The molecule has 0 aromatic carbocycles. The molecular weight excluding hydrogens is 278 g/mol. The monoisotopic (exact) mass is 313 g/mol. The summed E-state index contributed by atoms with van der Waals surface area (Å²) in [6, 6.07) is 0.237. The number of hydrogen-bond acceptors (Lipinski definition) is 3. The van der Waals surface area contributed by atoms with Crippen molar-refractivity contribution in [3.63, 3.8) is 0 Å². The van der Waals surface area contributed by atoms with Gasteiger partial charge in [0.05, 0.1) is 19.3 Å². The van der Waals surface area contributed by atoms with Crippen molar-refractivity contribution in [2.24, 2.45) is 10.4 Å². The molecule has 1 heterocycles. The summed E-state index contributed by atoms with van der Waals surface area (Å²) in [5.41, 5.74) is 0.381. The largest absolute Gasteiger partial charge is 0.379 e. The molecule has 0 bridgehead atoms. The Morgan fingerprint density at radius 1 is 1.41 bits per heavy atom. The Hall–Kier alpha value is -0.810. The van der Waals surface area contributed by atoms with E-state index in [9.17, 15) is 0 Å². The number of nitrogens with one attached hydrogen (secondary N) is 2. The fraction of sp³-hybridized carbons (Fsp3) is 0.941. The highest BCUT2D eigenvalue weighted by Crippen LogP contribution is 2.20. The molecule has 2 N–H and O–H groups in total. The lowest BCUT2D eigenvalue weighted by Gasteiger charge is -2.20. The van der Waals surface area contributed by atoms with E-state index >= 15 is 0 Å². The van der Waals surface area contributed by atoms with Crippen LogP contribution < -0.4 is 10.6 Å². The normalized spacial score (nSPS) is 21.0. The average Bonchev–Trinajstić information content (AvgIpc) is 2.93. The van der Waals surface area contributed by atoms with Crippen molar-refractivity contribution in [2.45, 2.75) is 66.0 Å². The smallest absolute Gasteiger partial charge is 0.191 e. The Bertz CT molecular complexity index is 320. The summed E-state index contributed by atoms with van der Waals surface area (Å²) in [6.45, 7) is 15.0. The third-order valence-corrected chi connectivity index (χ3v) is 3.55. The maximum Gasteiger partial charge on any atom is 0.191 e. The van der Waals surface area contributed by atoms with Crippen molar-refractivity contribution in [3.8, 4) is 0 Å². The Balaban J connectivity index is 2.28. The highest BCUT2D eigenvalue weighted by molar-refractivity contribution is 5.80. The number of aliphatic imine (C=N–C) groups is 1. The van der Waals surface area contributed by atoms with Gasteiger partial charge >= 0.3 is 0 Å². The second kappa shape index (κ2) is 10.1. The Labute approximate surface area is 136 Å². The lowest BCUT2D eigenvalue weighted by molar-refractivity contribution is 0.0347. The Morgan fingerprint density at radius 3 is 2.77 bits per heavy atom. The SMILES string of the molecule is CCNC(=NCCCC(C)(C)C)NC(C)COC1CCOC1. The van der Waals surface area contributed by atoms with Gasteiger partial charge in [0.15, 0.2) is 5.96 Å². The molecule has 0 amide bonds. The third kappa shape index (κ3) is 9.26. The lowest BCUT2D eigenvalue weighted by Crippen LogP contribution is -2.44. The zero-order valence-corrected chi connectivity index (χ0v) is 15.1. The first-order valence-electron chi connectivity index (χ1n) is 8.65. The minimum Gasteiger partial charge on any atom is -0.379 e. The summed E-state index contributed by atoms with van der Waals surface area (Å²) in [7, 11) is 0. The van der Waals surface area contributed by atoms with Gasteiger partial charge in [0.2, 0.25) is 0 Å². The van der Waals surface area contributed by atoms with Crippen molar-refractivity contribution < 1.29 is 9.47 Å². The van der Waals surface area contributed by atoms with Gasteiger partial charge in [0.25, 0.3) is 0 Å². The standard InChI is InChI=1S/C17H35N3O2/c1-6-18-16(19-10-7-9-17(3,4)5)20-14(2)12-22-15-8-11-21-13-15/h14-15H,6-13H2,1-5H3,(H2,18,19,20). The van der Waals surface area contributed by atoms with Crippen LogP contribution in [0, 0.1) is 5.41 Å². The number of nitrogens with zero attached hydrogens (tertiary/aromatic N) is 1. The summed E-state index contributed by atoms with van der Waals surface area (Å²) in [5, 5.41) is 6.71. The van der Waals surface area contributed by atoms with Crippen molar-refractivity contribution in [2.75, 3.05) is 32.9 Å². The van der Waals surface area contributed by atoms with Crippen molar-refractivity contribution in [3.05, 3.63) is 0 Å². The number of guanidine groups is 1. The van der Waals surface area contributed by atoms with E-state index in [0.717, 1.165) is 45.1 Å². The number of rotatable bonds is 8. The van der Waals surface area contributed by atoms with Gasteiger partial charge in [0.1, 0.15) is 0 Å². The van der Waals surface area contributed by atoms with Gasteiger partial charge in [-0.05, 0) is 38.5 Å². The maximum atomic E-state index is 5.84. The number of ether oxygens (including phenoxy) is 2. The quantitative estimate of drug-likeness (QED) is 0.411. The Morgan fingerprint density at radius 2 is 2.18 bits per heavy atom. The molecule has 130 valence electrons. The van der Waals surface area contributed by atoms with Gasteiger partial charge in [-0.25, -0.2) is 0 Å². The van der Waals surface area contributed by atoms with Gasteiger partial charge in [-0.15, -0.1) is 0 Å². The van der Waals surface area contributed by atoms with Gasteiger partial charge in [-0.2, -0.15) is 0 Å². The highest BCUT2D eigenvalue weighted by atomic mass is 16.5. The van der Waals surface area contributed by atoms with Crippen molar-refractivity contribution in [1.82, 2.24) is 10.6 Å². The van der Waals surface area contributed by atoms with Crippen LogP contribution in [0.4, 0.5) is 0 Å². The van der Waals surface area contributed by atoms with E-state index < -0.39 is 0 Å². The molecule has 0 aliphatic carbocycles. The molecule has 1 saturated heterocycles. The van der Waals surface area contributed by atoms with Gasteiger partial charge < -0.3 is 20.1 Å². The second-order valence-corrected chi connectivity index (χ2v) is 7.29. The van der Waals surface area contributed by atoms with E-state index in [0.29, 0.717) is 12.0 Å². The van der Waals surface area contributed by atoms with Crippen molar-refractivity contribution >= 4 is 5.96 Å². The van der Waals surface area contributed by atoms with E-state index in [2.05, 4.69) is 50.2 Å². The van der Waals surface area contributed by atoms with Crippen LogP contribution in [0.25, 0.3) is 0 Å². The predicted molar refractivity (Wildman–Crippen MR) is 92.4 cm³/mol. The Kier molecular flexibility index (Phi) is 8.79. The first-order chi connectivity index (χ1) is 10.4. The number of hydrogen-bond donors (Lipinski definition) is 2. The highest BCUT2D eigenvalue weighted by Gasteiger charge is 2.17. The first-order valence-corrected chi connectivity index (χ1v) is 8.65. The van der Waals surface area contributed by atoms with Gasteiger partial charge in [-0.3, -0.25) is 4.99 Å². The van der Waals surface area contributed by atoms with E-state index in [1.807, 2.05) is 0 Å². The van der Waals surface area contributed by atoms with Crippen LogP contribution in [-0.4, -0.2) is 51.0 Å². The molecule has 1 aliphatic rings. The molecule has 22 heavy (non-hydrogen) atoms. The molecule has 1 aliphatic heterocycles. The van der Waals surface area contributed by atoms with E-state index in [-0.39, 0.29) is 12.1 Å². The van der Waals surface area contributed by atoms with Crippen LogP contribution in [-0.2, 0) is 9.47 Å². The predicted octanol–water partition coefficient (Wildman–Crippen LogP) is 2.56. The average molecular weight is 313 g/mol. The summed E-state index contributed by atoms with van der Waals surface area (Å²) >= 11 is 0. The molecule has 0 radical (unpaired) electrons. The summed E-state index contributed by atoms with van der Waals surface area (Å²) < 4.78 is 11.2. The molecule has 2 unspecified atom stereocenters. The zero-order valence-electron chi connectivity index (χ0n) is 15.1. The van der Waals surface area contributed by atoms with E-state index in [1.54, 1.807) is 0 Å². The summed E-state index contributed by atoms with van der Waals surface area (Å²) in [6.07, 6.45) is 3.57. The molecule has 0 spiro atoms. The van der Waals surface area contributed by atoms with Crippen LogP contribution in [0.1, 0.15) is 53.9 Å². The minimum atomic E-state index is 0.237. The van der Waals surface area contributed by atoms with Crippen LogP contribution in [0.3, 0.4) is 0 Å². The van der Waals surface area contributed by atoms with Crippen molar-refractivity contribution in [1.29, 1.82) is 0 Å². The molecule has 1 fully saturated rings. The summed E-state index contributed by atoms with van der Waals surface area (Å²) in [4.78, 5) is 4.65. The maximum absolute atomic E-state index is 5.84. The summed E-state index contributed by atoms with van der Waals surface area (Å²) in [5.74, 6) is 0.884. The fourth-order valence-corrected chi connectivity index (χ4v) is 2.32.